The summed E-state index contributed by atoms with van der Waals surface area (Å²) in [6, 6.07) is 26.2. The largest absolute Gasteiger partial charge is 0.384 e. The number of benzene rings is 3. The first-order valence-electron chi connectivity index (χ1n) is 8.34. The number of carbonyl (C=O) groups is 1. The third kappa shape index (κ3) is 3.95. The molecule has 0 aliphatic heterocycles. The van der Waals surface area contributed by atoms with Crippen molar-refractivity contribution in [1.82, 2.24) is 5.32 Å². The van der Waals surface area contributed by atoms with Gasteiger partial charge in [-0.25, -0.2) is 0 Å². The van der Waals surface area contributed by atoms with Crippen LogP contribution in [-0.2, 0) is 0 Å². The van der Waals surface area contributed by atoms with E-state index in [9.17, 15) is 9.90 Å². The molecule has 2 N–H and O–H groups in total. The molecule has 0 aliphatic rings. The standard InChI is InChI=1S/C22H21NO2/c1-16(17-10-4-2-5-11-17)23-22(25)20-15-9-8-14-19(20)21(24)18-12-6-3-7-13-18/h2-16,21,24H,1H3,(H,23,25)/t16-,21-/m0/s1. The molecule has 3 heteroatoms. The van der Waals surface area contributed by atoms with Crippen molar-refractivity contribution >= 4 is 5.91 Å². The second kappa shape index (κ2) is 7.77. The predicted molar refractivity (Wildman–Crippen MR) is 99.3 cm³/mol. The lowest BCUT2D eigenvalue weighted by molar-refractivity contribution is 0.0934. The average molecular weight is 331 g/mol. The summed E-state index contributed by atoms with van der Waals surface area (Å²) in [5.41, 5.74) is 2.89. The Morgan fingerprint density at radius 1 is 0.800 bits per heavy atom. The van der Waals surface area contributed by atoms with Gasteiger partial charge in [0.05, 0.1) is 6.04 Å². The second-order valence-corrected chi connectivity index (χ2v) is 6.01. The monoisotopic (exact) mass is 331 g/mol. The fourth-order valence-corrected chi connectivity index (χ4v) is 2.86. The predicted octanol–water partition coefficient (Wildman–Crippen LogP) is 4.26. The lowest BCUT2D eigenvalue weighted by Gasteiger charge is -2.18. The number of carbonyl (C=O) groups excluding carboxylic acids is 1. The lowest BCUT2D eigenvalue weighted by Crippen LogP contribution is -2.28. The number of hydrogen-bond acceptors (Lipinski definition) is 2. The van der Waals surface area contributed by atoms with E-state index in [0.717, 1.165) is 11.1 Å². The van der Waals surface area contributed by atoms with Gasteiger partial charge in [-0.1, -0.05) is 78.9 Å². The molecule has 126 valence electrons. The Hall–Kier alpha value is -2.91. The quantitative estimate of drug-likeness (QED) is 0.734. The van der Waals surface area contributed by atoms with Crippen molar-refractivity contribution in [2.45, 2.75) is 19.1 Å². The van der Waals surface area contributed by atoms with Gasteiger partial charge in [0, 0.05) is 5.56 Å². The topological polar surface area (TPSA) is 49.3 Å². The highest BCUT2D eigenvalue weighted by molar-refractivity contribution is 5.96. The van der Waals surface area contributed by atoms with E-state index in [1.807, 2.05) is 79.7 Å². The van der Waals surface area contributed by atoms with E-state index >= 15 is 0 Å². The smallest absolute Gasteiger partial charge is 0.252 e. The summed E-state index contributed by atoms with van der Waals surface area (Å²) in [7, 11) is 0. The molecular weight excluding hydrogens is 310 g/mol. The van der Waals surface area contributed by atoms with Gasteiger partial charge in [0.2, 0.25) is 0 Å². The number of rotatable bonds is 5. The van der Waals surface area contributed by atoms with Crippen LogP contribution in [0, 0.1) is 0 Å². The van der Waals surface area contributed by atoms with Crippen molar-refractivity contribution in [3.05, 3.63) is 107 Å². The van der Waals surface area contributed by atoms with Crippen molar-refractivity contribution in [1.29, 1.82) is 0 Å². The van der Waals surface area contributed by atoms with E-state index in [0.29, 0.717) is 11.1 Å². The van der Waals surface area contributed by atoms with Crippen molar-refractivity contribution in [3.63, 3.8) is 0 Å². The Kier molecular flexibility index (Phi) is 5.26. The highest BCUT2D eigenvalue weighted by Gasteiger charge is 2.19. The maximum atomic E-state index is 12.8. The Morgan fingerprint density at radius 3 is 1.96 bits per heavy atom. The van der Waals surface area contributed by atoms with Gasteiger partial charge in [-0.2, -0.15) is 0 Å². The van der Waals surface area contributed by atoms with E-state index in [4.69, 9.17) is 0 Å². The average Bonchev–Trinajstić information content (AvgIpc) is 2.68. The van der Waals surface area contributed by atoms with Crippen LogP contribution in [-0.4, -0.2) is 11.0 Å². The number of aliphatic hydroxyl groups excluding tert-OH is 1. The minimum Gasteiger partial charge on any atom is -0.384 e. The second-order valence-electron chi connectivity index (χ2n) is 6.01. The van der Waals surface area contributed by atoms with Gasteiger partial charge in [0.25, 0.3) is 5.91 Å². The highest BCUT2D eigenvalue weighted by Crippen LogP contribution is 2.25. The van der Waals surface area contributed by atoms with E-state index in [-0.39, 0.29) is 11.9 Å². The van der Waals surface area contributed by atoms with Gasteiger partial charge >= 0.3 is 0 Å². The van der Waals surface area contributed by atoms with Gasteiger partial charge in [-0.15, -0.1) is 0 Å². The summed E-state index contributed by atoms with van der Waals surface area (Å²) in [6.07, 6.45) is -0.838. The molecule has 0 aromatic heterocycles. The Balaban J connectivity index is 1.84. The molecule has 3 nitrogen and oxygen atoms in total. The van der Waals surface area contributed by atoms with Crippen molar-refractivity contribution in [3.8, 4) is 0 Å². The first-order chi connectivity index (χ1) is 12.2. The van der Waals surface area contributed by atoms with Crippen molar-refractivity contribution in [2.75, 3.05) is 0 Å². The van der Waals surface area contributed by atoms with Crippen LogP contribution in [0.5, 0.6) is 0 Å². The third-order valence-corrected chi connectivity index (χ3v) is 4.26. The van der Waals surface area contributed by atoms with Crippen LogP contribution in [0.2, 0.25) is 0 Å². The van der Waals surface area contributed by atoms with Gasteiger partial charge in [-0.3, -0.25) is 4.79 Å². The molecule has 0 heterocycles. The van der Waals surface area contributed by atoms with Gasteiger partial charge in [-0.05, 0) is 29.7 Å². The fourth-order valence-electron chi connectivity index (χ4n) is 2.86. The molecule has 0 aliphatic carbocycles. The normalized spacial score (nSPS) is 13.0. The fraction of sp³-hybridized carbons (Fsp3) is 0.136. The van der Waals surface area contributed by atoms with Crippen molar-refractivity contribution in [2.24, 2.45) is 0 Å². The van der Waals surface area contributed by atoms with E-state index in [2.05, 4.69) is 5.32 Å². The minimum absolute atomic E-state index is 0.115. The van der Waals surface area contributed by atoms with E-state index < -0.39 is 6.10 Å². The zero-order chi connectivity index (χ0) is 17.6. The van der Waals surface area contributed by atoms with E-state index in [1.165, 1.54) is 0 Å². The summed E-state index contributed by atoms with van der Waals surface area (Å²) in [5, 5.41) is 13.7. The summed E-state index contributed by atoms with van der Waals surface area (Å²) >= 11 is 0. The zero-order valence-corrected chi connectivity index (χ0v) is 14.1. The summed E-state index contributed by atoms with van der Waals surface area (Å²) in [4.78, 5) is 12.8. The van der Waals surface area contributed by atoms with Crippen LogP contribution in [0.15, 0.2) is 84.9 Å². The van der Waals surface area contributed by atoms with Crippen LogP contribution >= 0.6 is 0 Å². The summed E-state index contributed by atoms with van der Waals surface area (Å²) < 4.78 is 0. The van der Waals surface area contributed by atoms with Crippen LogP contribution in [0.4, 0.5) is 0 Å². The molecule has 0 spiro atoms. The highest BCUT2D eigenvalue weighted by atomic mass is 16.3. The molecule has 0 bridgehead atoms. The molecule has 3 aromatic rings. The summed E-state index contributed by atoms with van der Waals surface area (Å²) in [5.74, 6) is -0.193. The Labute approximate surface area is 148 Å². The third-order valence-electron chi connectivity index (χ3n) is 4.26. The number of amides is 1. The first-order valence-corrected chi connectivity index (χ1v) is 8.34. The van der Waals surface area contributed by atoms with Crippen LogP contribution in [0.25, 0.3) is 0 Å². The van der Waals surface area contributed by atoms with Crippen LogP contribution in [0.1, 0.15) is 46.1 Å². The number of hydrogen-bond donors (Lipinski definition) is 2. The first kappa shape index (κ1) is 16.9. The molecule has 1 amide bonds. The number of aliphatic hydroxyl groups is 1. The molecule has 25 heavy (non-hydrogen) atoms. The lowest BCUT2D eigenvalue weighted by atomic mass is 9.96. The molecule has 0 fully saturated rings. The van der Waals surface area contributed by atoms with Gasteiger partial charge in [0.1, 0.15) is 6.10 Å². The Bertz CT molecular complexity index is 831. The van der Waals surface area contributed by atoms with Gasteiger partial charge < -0.3 is 10.4 Å². The van der Waals surface area contributed by atoms with Crippen molar-refractivity contribution < 1.29 is 9.90 Å². The minimum atomic E-state index is -0.838. The van der Waals surface area contributed by atoms with Crippen LogP contribution in [0.3, 0.4) is 0 Å². The van der Waals surface area contributed by atoms with Gasteiger partial charge in [0.15, 0.2) is 0 Å². The summed E-state index contributed by atoms with van der Waals surface area (Å²) in [6.45, 7) is 1.95. The molecule has 2 atom stereocenters. The molecule has 3 rings (SSSR count). The van der Waals surface area contributed by atoms with E-state index in [1.54, 1.807) is 12.1 Å². The van der Waals surface area contributed by atoms with Crippen LogP contribution < -0.4 is 5.32 Å². The molecule has 3 aromatic carbocycles. The molecular formula is C22H21NO2. The maximum absolute atomic E-state index is 12.8. The molecule has 0 radical (unpaired) electrons. The molecule has 0 unspecified atom stereocenters. The number of nitrogens with one attached hydrogen (secondary N) is 1. The SMILES string of the molecule is C[C@H](NC(=O)c1ccccc1[C@@H](O)c1ccccc1)c1ccccc1. The molecule has 0 saturated carbocycles. The zero-order valence-electron chi connectivity index (χ0n) is 14.1. The molecule has 0 saturated heterocycles. The Morgan fingerprint density at radius 2 is 1.32 bits per heavy atom. The maximum Gasteiger partial charge on any atom is 0.252 e.